The van der Waals surface area contributed by atoms with Gasteiger partial charge in [0, 0.05) is 24.0 Å². The van der Waals surface area contributed by atoms with Crippen LogP contribution in [0.2, 0.25) is 0 Å². The number of benzene rings is 1. The van der Waals surface area contributed by atoms with E-state index in [1.807, 2.05) is 0 Å². The summed E-state index contributed by atoms with van der Waals surface area (Å²) in [5.74, 6) is 0.300. The molecule has 2 nitrogen and oxygen atoms in total. The highest BCUT2D eigenvalue weighted by molar-refractivity contribution is 9.10. The highest BCUT2D eigenvalue weighted by atomic mass is 79.9. The van der Waals surface area contributed by atoms with E-state index in [-0.39, 0.29) is 0 Å². The number of carbonyl (C=O) groups excluding carboxylic acids is 1. The summed E-state index contributed by atoms with van der Waals surface area (Å²) in [4.78, 5) is 13.0. The molecule has 1 atom stereocenters. The highest BCUT2D eigenvalue weighted by Crippen LogP contribution is 2.32. The lowest BCUT2D eigenvalue weighted by molar-refractivity contribution is -0.108. The lowest BCUT2D eigenvalue weighted by Crippen LogP contribution is -2.29. The standard InChI is InChI=1S/C15H20BrNO/c1-12(7-10-18)13-5-6-15(14(16)11-13)17-8-3-2-4-9-17/h5-6,10-12H,2-4,7-9H2,1H3. The van der Waals surface area contributed by atoms with E-state index < -0.39 is 0 Å². The first kappa shape index (κ1) is 13.6. The quantitative estimate of drug-likeness (QED) is 0.779. The number of rotatable bonds is 4. The van der Waals surface area contributed by atoms with Gasteiger partial charge in [0.1, 0.15) is 6.29 Å². The Morgan fingerprint density at radius 1 is 1.33 bits per heavy atom. The number of anilines is 1. The number of hydrogen-bond acceptors (Lipinski definition) is 2. The van der Waals surface area contributed by atoms with Crippen LogP contribution in [0, 0.1) is 0 Å². The molecule has 1 unspecified atom stereocenters. The maximum atomic E-state index is 10.6. The lowest BCUT2D eigenvalue weighted by Gasteiger charge is -2.30. The Labute approximate surface area is 117 Å². The average molecular weight is 310 g/mol. The van der Waals surface area contributed by atoms with E-state index in [1.165, 1.54) is 30.5 Å². The molecule has 0 bridgehead atoms. The van der Waals surface area contributed by atoms with Crippen LogP contribution in [-0.4, -0.2) is 19.4 Å². The highest BCUT2D eigenvalue weighted by Gasteiger charge is 2.15. The van der Waals surface area contributed by atoms with Crippen LogP contribution in [0.3, 0.4) is 0 Å². The summed E-state index contributed by atoms with van der Waals surface area (Å²) in [6.07, 6.45) is 5.51. The molecule has 0 aromatic heterocycles. The number of halogens is 1. The van der Waals surface area contributed by atoms with E-state index in [9.17, 15) is 4.79 Å². The van der Waals surface area contributed by atoms with Crippen molar-refractivity contribution in [3.8, 4) is 0 Å². The number of carbonyl (C=O) groups is 1. The van der Waals surface area contributed by atoms with Gasteiger partial charge in [-0.3, -0.25) is 0 Å². The van der Waals surface area contributed by atoms with Crippen LogP contribution < -0.4 is 4.90 Å². The summed E-state index contributed by atoms with van der Waals surface area (Å²) in [7, 11) is 0. The summed E-state index contributed by atoms with van der Waals surface area (Å²) in [6, 6.07) is 6.51. The maximum absolute atomic E-state index is 10.6. The minimum atomic E-state index is 0.300. The summed E-state index contributed by atoms with van der Waals surface area (Å²) in [5.41, 5.74) is 2.52. The number of piperidine rings is 1. The third kappa shape index (κ3) is 3.14. The molecule has 1 aliphatic rings. The van der Waals surface area contributed by atoms with E-state index in [2.05, 4.69) is 46.0 Å². The molecule has 1 aromatic carbocycles. The third-order valence-corrected chi connectivity index (χ3v) is 4.32. The maximum Gasteiger partial charge on any atom is 0.120 e. The molecular weight excluding hydrogens is 290 g/mol. The minimum Gasteiger partial charge on any atom is -0.371 e. The number of aldehydes is 1. The zero-order valence-electron chi connectivity index (χ0n) is 10.9. The monoisotopic (exact) mass is 309 g/mol. The van der Waals surface area contributed by atoms with Crippen molar-refractivity contribution in [1.29, 1.82) is 0 Å². The van der Waals surface area contributed by atoms with Crippen LogP contribution in [0.1, 0.15) is 44.1 Å². The van der Waals surface area contributed by atoms with Gasteiger partial charge in [0.25, 0.3) is 0 Å². The third-order valence-electron chi connectivity index (χ3n) is 3.69. The van der Waals surface area contributed by atoms with Gasteiger partial charge in [0.15, 0.2) is 0 Å². The first-order chi connectivity index (χ1) is 8.72. The minimum absolute atomic E-state index is 0.300. The summed E-state index contributed by atoms with van der Waals surface area (Å²) < 4.78 is 1.15. The van der Waals surface area contributed by atoms with Gasteiger partial charge in [-0.25, -0.2) is 0 Å². The summed E-state index contributed by atoms with van der Waals surface area (Å²) >= 11 is 3.67. The van der Waals surface area contributed by atoms with Gasteiger partial charge in [-0.15, -0.1) is 0 Å². The molecule has 1 fully saturated rings. The van der Waals surface area contributed by atoms with Crippen LogP contribution in [0.4, 0.5) is 5.69 Å². The molecule has 1 heterocycles. The normalized spacial score (nSPS) is 17.6. The predicted molar refractivity (Wildman–Crippen MR) is 79.3 cm³/mol. The van der Waals surface area contributed by atoms with E-state index in [4.69, 9.17) is 0 Å². The fourth-order valence-corrected chi connectivity index (χ4v) is 3.15. The molecule has 1 aromatic rings. The van der Waals surface area contributed by atoms with Crippen LogP contribution >= 0.6 is 15.9 Å². The van der Waals surface area contributed by atoms with Gasteiger partial charge in [0.05, 0.1) is 5.69 Å². The van der Waals surface area contributed by atoms with Crippen molar-refractivity contribution in [1.82, 2.24) is 0 Å². The van der Waals surface area contributed by atoms with Crippen molar-refractivity contribution in [2.45, 2.75) is 38.5 Å². The summed E-state index contributed by atoms with van der Waals surface area (Å²) in [5, 5.41) is 0. The molecule has 0 spiro atoms. The first-order valence-electron chi connectivity index (χ1n) is 6.70. The van der Waals surface area contributed by atoms with Gasteiger partial charge in [-0.1, -0.05) is 13.0 Å². The van der Waals surface area contributed by atoms with Crippen molar-refractivity contribution < 1.29 is 4.79 Å². The first-order valence-corrected chi connectivity index (χ1v) is 7.49. The van der Waals surface area contributed by atoms with E-state index in [0.29, 0.717) is 12.3 Å². The predicted octanol–water partition coefficient (Wildman–Crippen LogP) is 4.13. The zero-order valence-corrected chi connectivity index (χ0v) is 12.4. The molecule has 0 amide bonds. The molecule has 2 rings (SSSR count). The SMILES string of the molecule is CC(CC=O)c1ccc(N2CCCCC2)c(Br)c1. The van der Waals surface area contributed by atoms with Gasteiger partial charge < -0.3 is 9.69 Å². The molecule has 98 valence electrons. The molecule has 0 radical (unpaired) electrons. The van der Waals surface area contributed by atoms with Crippen molar-refractivity contribution >= 4 is 27.9 Å². The molecule has 1 aliphatic heterocycles. The topological polar surface area (TPSA) is 20.3 Å². The van der Waals surface area contributed by atoms with Gasteiger partial charge in [0.2, 0.25) is 0 Å². The Kier molecular flexibility index (Phi) is 4.81. The van der Waals surface area contributed by atoms with Crippen LogP contribution in [0.25, 0.3) is 0 Å². The second kappa shape index (κ2) is 6.37. The lowest BCUT2D eigenvalue weighted by atomic mass is 9.98. The van der Waals surface area contributed by atoms with Gasteiger partial charge in [-0.2, -0.15) is 0 Å². The van der Waals surface area contributed by atoms with Crippen molar-refractivity contribution in [3.63, 3.8) is 0 Å². The van der Waals surface area contributed by atoms with E-state index >= 15 is 0 Å². The fraction of sp³-hybridized carbons (Fsp3) is 0.533. The number of hydrogen-bond donors (Lipinski definition) is 0. The fourth-order valence-electron chi connectivity index (χ4n) is 2.50. The molecule has 0 aliphatic carbocycles. The second-order valence-electron chi connectivity index (χ2n) is 5.06. The van der Waals surface area contributed by atoms with Crippen LogP contribution in [0.5, 0.6) is 0 Å². The van der Waals surface area contributed by atoms with Crippen molar-refractivity contribution in [3.05, 3.63) is 28.2 Å². The molecule has 0 N–H and O–H groups in total. The zero-order chi connectivity index (χ0) is 13.0. The molecular formula is C15H20BrNO. The Balaban J connectivity index is 2.16. The van der Waals surface area contributed by atoms with E-state index in [0.717, 1.165) is 23.8 Å². The Morgan fingerprint density at radius 2 is 2.06 bits per heavy atom. The Hall–Kier alpha value is -0.830. The average Bonchev–Trinajstić information content (AvgIpc) is 2.40. The molecule has 18 heavy (non-hydrogen) atoms. The smallest absolute Gasteiger partial charge is 0.120 e. The van der Waals surface area contributed by atoms with Crippen molar-refractivity contribution in [2.24, 2.45) is 0 Å². The summed E-state index contributed by atoms with van der Waals surface area (Å²) in [6.45, 7) is 4.40. The van der Waals surface area contributed by atoms with Crippen LogP contribution in [-0.2, 0) is 4.79 Å². The largest absolute Gasteiger partial charge is 0.371 e. The second-order valence-corrected chi connectivity index (χ2v) is 5.92. The Morgan fingerprint density at radius 3 is 2.67 bits per heavy atom. The van der Waals surface area contributed by atoms with Crippen LogP contribution in [0.15, 0.2) is 22.7 Å². The van der Waals surface area contributed by atoms with E-state index in [1.54, 1.807) is 0 Å². The molecule has 1 saturated heterocycles. The number of nitrogens with zero attached hydrogens (tertiary/aromatic N) is 1. The van der Waals surface area contributed by atoms with Gasteiger partial charge in [-0.05, 0) is 58.8 Å². The van der Waals surface area contributed by atoms with Gasteiger partial charge >= 0.3 is 0 Å². The Bertz CT molecular complexity index is 413. The molecule has 0 saturated carbocycles. The van der Waals surface area contributed by atoms with Crippen molar-refractivity contribution in [2.75, 3.05) is 18.0 Å². The molecule has 3 heteroatoms.